The van der Waals surface area contributed by atoms with Crippen LogP contribution >= 0.6 is 0 Å². The maximum Gasteiger partial charge on any atom is 0.337 e. The van der Waals surface area contributed by atoms with E-state index in [0.29, 0.717) is 29.9 Å². The standard InChI is InChI=1S/C27H35NO5/c1-5-32-22-13-17(11-12-20(22)29)24-23(26(31)33-18-9-7-6-8-10-18)16(2)28-19-14-27(3,4)15-21(30)25(19)24/h11-13,18,24,28-29H,5-10,14-15H2,1-4H3/t24-/m0/s1. The van der Waals surface area contributed by atoms with Crippen LogP contribution in [-0.4, -0.2) is 29.6 Å². The summed E-state index contributed by atoms with van der Waals surface area (Å²) in [6, 6.07) is 5.08. The van der Waals surface area contributed by atoms with E-state index in [9.17, 15) is 14.7 Å². The van der Waals surface area contributed by atoms with Crippen LogP contribution in [-0.2, 0) is 14.3 Å². The van der Waals surface area contributed by atoms with Gasteiger partial charge in [0.1, 0.15) is 6.10 Å². The molecule has 6 nitrogen and oxygen atoms in total. The van der Waals surface area contributed by atoms with Crippen LogP contribution in [0, 0.1) is 5.41 Å². The molecule has 1 aromatic rings. The SMILES string of the molecule is CCOc1cc([C@H]2C(C(=O)OC3CCCCC3)=C(C)NC3=C2C(=O)CC(C)(C)C3)ccc1O. The number of ether oxygens (including phenoxy) is 2. The van der Waals surface area contributed by atoms with Crippen LogP contribution in [0.25, 0.3) is 0 Å². The van der Waals surface area contributed by atoms with Crippen LogP contribution in [0.5, 0.6) is 11.5 Å². The van der Waals surface area contributed by atoms with Gasteiger partial charge in [-0.1, -0.05) is 26.3 Å². The molecule has 0 radical (unpaired) electrons. The van der Waals surface area contributed by atoms with Gasteiger partial charge >= 0.3 is 5.97 Å². The molecule has 1 saturated carbocycles. The summed E-state index contributed by atoms with van der Waals surface area (Å²) in [5, 5.41) is 13.6. The van der Waals surface area contributed by atoms with E-state index >= 15 is 0 Å². The second-order valence-corrected chi connectivity index (χ2v) is 10.3. The summed E-state index contributed by atoms with van der Waals surface area (Å²) < 4.78 is 11.6. The summed E-state index contributed by atoms with van der Waals surface area (Å²) in [6.07, 6.45) is 6.13. The Hall–Kier alpha value is -2.76. The molecule has 0 saturated heterocycles. The highest BCUT2D eigenvalue weighted by atomic mass is 16.5. The molecule has 3 aliphatic rings. The fourth-order valence-corrected chi connectivity index (χ4v) is 5.42. The van der Waals surface area contributed by atoms with Crippen molar-refractivity contribution in [3.63, 3.8) is 0 Å². The first-order valence-electron chi connectivity index (χ1n) is 12.1. The van der Waals surface area contributed by atoms with Crippen molar-refractivity contribution in [3.8, 4) is 11.5 Å². The van der Waals surface area contributed by atoms with Gasteiger partial charge in [0.2, 0.25) is 0 Å². The summed E-state index contributed by atoms with van der Waals surface area (Å²) in [5.41, 5.74) is 3.28. The van der Waals surface area contributed by atoms with Crippen LogP contribution in [0.15, 0.2) is 40.7 Å². The average Bonchev–Trinajstić information content (AvgIpc) is 2.74. The predicted octanol–water partition coefficient (Wildman–Crippen LogP) is 5.27. The number of hydrogen-bond acceptors (Lipinski definition) is 6. The van der Waals surface area contributed by atoms with Crippen molar-refractivity contribution < 1.29 is 24.2 Å². The topological polar surface area (TPSA) is 84.9 Å². The van der Waals surface area contributed by atoms with E-state index in [2.05, 4.69) is 19.2 Å². The van der Waals surface area contributed by atoms with Gasteiger partial charge in [0.15, 0.2) is 17.3 Å². The first kappa shape index (κ1) is 23.4. The molecular formula is C27H35NO5. The van der Waals surface area contributed by atoms with E-state index in [4.69, 9.17) is 9.47 Å². The molecule has 0 aromatic heterocycles. The Morgan fingerprint density at radius 2 is 1.91 bits per heavy atom. The summed E-state index contributed by atoms with van der Waals surface area (Å²) >= 11 is 0. The van der Waals surface area contributed by atoms with Crippen LogP contribution < -0.4 is 10.1 Å². The number of rotatable bonds is 5. The van der Waals surface area contributed by atoms with Crippen LogP contribution in [0.3, 0.4) is 0 Å². The molecule has 1 atom stereocenters. The zero-order valence-electron chi connectivity index (χ0n) is 20.1. The van der Waals surface area contributed by atoms with E-state index in [0.717, 1.165) is 49.1 Å². The molecular weight excluding hydrogens is 418 g/mol. The zero-order chi connectivity index (χ0) is 23.8. The third kappa shape index (κ3) is 4.80. The van der Waals surface area contributed by atoms with Gasteiger partial charge in [-0.2, -0.15) is 0 Å². The van der Waals surface area contributed by atoms with Crippen LogP contribution in [0.4, 0.5) is 0 Å². The van der Waals surface area contributed by atoms with Gasteiger partial charge in [-0.15, -0.1) is 0 Å². The minimum atomic E-state index is -0.555. The van der Waals surface area contributed by atoms with Crippen molar-refractivity contribution in [3.05, 3.63) is 46.3 Å². The van der Waals surface area contributed by atoms with E-state index < -0.39 is 5.92 Å². The lowest BCUT2D eigenvalue weighted by atomic mass is 9.68. The molecule has 33 heavy (non-hydrogen) atoms. The van der Waals surface area contributed by atoms with Gasteiger partial charge in [-0.3, -0.25) is 4.79 Å². The molecule has 0 bridgehead atoms. The Labute approximate surface area is 196 Å². The number of benzene rings is 1. The van der Waals surface area contributed by atoms with Crippen LogP contribution in [0.2, 0.25) is 0 Å². The van der Waals surface area contributed by atoms with E-state index in [1.165, 1.54) is 6.42 Å². The molecule has 1 heterocycles. The maximum atomic E-state index is 13.5. The lowest BCUT2D eigenvalue weighted by Crippen LogP contribution is -2.39. The molecule has 0 amide bonds. The Balaban J connectivity index is 1.79. The maximum absolute atomic E-state index is 13.5. The van der Waals surface area contributed by atoms with Crippen LogP contribution in [0.1, 0.15) is 84.1 Å². The number of ketones is 1. The molecule has 6 heteroatoms. The molecule has 1 fully saturated rings. The van der Waals surface area contributed by atoms with Gasteiger partial charge in [-0.25, -0.2) is 4.79 Å². The molecule has 1 aliphatic heterocycles. The van der Waals surface area contributed by atoms with Crippen molar-refractivity contribution >= 4 is 11.8 Å². The Morgan fingerprint density at radius 1 is 1.18 bits per heavy atom. The Kier molecular flexibility index (Phi) is 6.55. The van der Waals surface area contributed by atoms with Crippen molar-refractivity contribution in [2.75, 3.05) is 6.61 Å². The van der Waals surface area contributed by atoms with Gasteiger partial charge in [0.05, 0.1) is 12.2 Å². The van der Waals surface area contributed by atoms with Gasteiger partial charge in [0, 0.05) is 29.3 Å². The third-order valence-corrected chi connectivity index (χ3v) is 6.90. The number of phenols is 1. The van der Waals surface area contributed by atoms with Crippen molar-refractivity contribution in [1.29, 1.82) is 0 Å². The normalized spacial score (nSPS) is 23.2. The second-order valence-electron chi connectivity index (χ2n) is 10.3. The highest BCUT2D eigenvalue weighted by Crippen LogP contribution is 2.48. The first-order valence-corrected chi connectivity index (χ1v) is 12.1. The number of aromatic hydroxyl groups is 1. The van der Waals surface area contributed by atoms with Crippen molar-refractivity contribution in [1.82, 2.24) is 5.32 Å². The molecule has 1 aromatic carbocycles. The van der Waals surface area contributed by atoms with Crippen molar-refractivity contribution in [2.45, 2.75) is 84.7 Å². The predicted molar refractivity (Wildman–Crippen MR) is 126 cm³/mol. The summed E-state index contributed by atoms with van der Waals surface area (Å²) in [6.45, 7) is 8.30. The number of dihydropyridines is 1. The molecule has 0 spiro atoms. The quantitative estimate of drug-likeness (QED) is 0.591. The fraction of sp³-hybridized carbons (Fsp3) is 0.556. The van der Waals surface area contributed by atoms with Gasteiger partial charge in [-0.05, 0) is 69.1 Å². The molecule has 178 valence electrons. The molecule has 2 aliphatic carbocycles. The smallest absolute Gasteiger partial charge is 0.337 e. The number of allylic oxidation sites excluding steroid dienone is 3. The number of nitrogens with one attached hydrogen (secondary N) is 1. The average molecular weight is 454 g/mol. The van der Waals surface area contributed by atoms with Gasteiger partial charge in [0.25, 0.3) is 0 Å². The lowest BCUT2D eigenvalue weighted by Gasteiger charge is -2.39. The summed E-state index contributed by atoms with van der Waals surface area (Å²) in [5.74, 6) is -0.503. The third-order valence-electron chi connectivity index (χ3n) is 6.90. The van der Waals surface area contributed by atoms with Crippen molar-refractivity contribution in [2.24, 2.45) is 5.41 Å². The van der Waals surface area contributed by atoms with Gasteiger partial charge < -0.3 is 19.9 Å². The minimum Gasteiger partial charge on any atom is -0.504 e. The Morgan fingerprint density at radius 3 is 2.61 bits per heavy atom. The highest BCUT2D eigenvalue weighted by molar-refractivity contribution is 6.04. The fourth-order valence-electron chi connectivity index (χ4n) is 5.42. The largest absolute Gasteiger partial charge is 0.504 e. The monoisotopic (exact) mass is 453 g/mol. The number of hydrogen-bond donors (Lipinski definition) is 2. The van der Waals surface area contributed by atoms with E-state index in [-0.39, 0.29) is 29.0 Å². The number of phenolic OH excluding ortho intramolecular Hbond substituents is 1. The van der Waals surface area contributed by atoms with E-state index in [1.807, 2.05) is 13.8 Å². The lowest BCUT2D eigenvalue weighted by molar-refractivity contribution is -0.146. The molecule has 4 rings (SSSR count). The molecule has 2 N–H and O–H groups in total. The molecule has 0 unspecified atom stereocenters. The first-order chi connectivity index (χ1) is 15.7. The number of carbonyl (C=O) groups excluding carboxylic acids is 2. The summed E-state index contributed by atoms with van der Waals surface area (Å²) in [7, 11) is 0. The number of Topliss-reactive ketones (excluding diaryl/α,β-unsaturated/α-hetero) is 1. The minimum absolute atomic E-state index is 0.0341. The highest BCUT2D eigenvalue weighted by Gasteiger charge is 2.43. The second kappa shape index (κ2) is 9.24. The number of esters is 1. The summed E-state index contributed by atoms with van der Waals surface area (Å²) in [4.78, 5) is 26.9. The number of carbonyl (C=O) groups is 2. The zero-order valence-corrected chi connectivity index (χ0v) is 20.1. The van der Waals surface area contributed by atoms with E-state index in [1.54, 1.807) is 18.2 Å². The Bertz CT molecular complexity index is 1010.